The van der Waals surface area contributed by atoms with Gasteiger partial charge in [0.25, 0.3) is 0 Å². The minimum atomic E-state index is 0.222. The number of hydrogen-bond donors (Lipinski definition) is 3. The highest BCUT2D eigenvalue weighted by molar-refractivity contribution is 5.94. The Hall–Kier alpha value is -3.91. The summed E-state index contributed by atoms with van der Waals surface area (Å²) in [6.07, 6.45) is 5.30. The minimum absolute atomic E-state index is 0.222. The van der Waals surface area contributed by atoms with Crippen LogP contribution in [0.1, 0.15) is 12.5 Å². The summed E-state index contributed by atoms with van der Waals surface area (Å²) in [5.41, 5.74) is 11.7. The summed E-state index contributed by atoms with van der Waals surface area (Å²) in [4.78, 5) is 15.2. The van der Waals surface area contributed by atoms with Crippen LogP contribution in [-0.2, 0) is 11.3 Å². The molecule has 3 aromatic rings. The molecule has 32 heavy (non-hydrogen) atoms. The van der Waals surface area contributed by atoms with Crippen molar-refractivity contribution in [1.29, 1.82) is 0 Å². The molecule has 0 spiro atoms. The van der Waals surface area contributed by atoms with E-state index in [-0.39, 0.29) is 5.96 Å². The second-order valence-corrected chi connectivity index (χ2v) is 7.20. The van der Waals surface area contributed by atoms with Gasteiger partial charge in [-0.05, 0) is 25.1 Å². The molecule has 0 amide bonds. The third-order valence-corrected chi connectivity index (χ3v) is 4.74. The molecule has 8 heteroatoms. The second-order valence-electron chi connectivity index (χ2n) is 7.20. The van der Waals surface area contributed by atoms with Crippen LogP contribution in [-0.4, -0.2) is 37.1 Å². The van der Waals surface area contributed by atoms with Gasteiger partial charge in [-0.2, -0.15) is 4.99 Å². The van der Waals surface area contributed by atoms with Crippen LogP contribution in [0, 0.1) is 0 Å². The van der Waals surface area contributed by atoms with E-state index in [1.807, 2.05) is 80.6 Å². The number of methoxy groups -OCH3 is 1. The average Bonchev–Trinajstić information content (AvgIpc) is 2.80. The molecule has 0 bridgehead atoms. The molecular formula is C24H29N7O. The number of hydrogen-bond acceptors (Lipinski definition) is 6. The molecule has 0 atom stereocenters. The lowest BCUT2D eigenvalue weighted by molar-refractivity contribution is 0.185. The molecule has 1 heterocycles. The van der Waals surface area contributed by atoms with Gasteiger partial charge in [0, 0.05) is 55.6 Å². The number of rotatable bonds is 8. The smallest absolute Gasteiger partial charge is 0.199 e. The minimum Gasteiger partial charge on any atom is -0.390 e. The first-order valence-electron chi connectivity index (χ1n) is 10.2. The van der Waals surface area contributed by atoms with Crippen molar-refractivity contribution in [3.05, 3.63) is 78.4 Å². The Bertz CT molecular complexity index is 1100. The van der Waals surface area contributed by atoms with Crippen molar-refractivity contribution in [2.75, 3.05) is 31.4 Å². The average molecular weight is 432 g/mol. The number of benzene rings is 2. The van der Waals surface area contributed by atoms with Gasteiger partial charge >= 0.3 is 0 Å². The Labute approximate surface area is 188 Å². The molecule has 0 aliphatic rings. The second kappa shape index (κ2) is 10.9. The summed E-state index contributed by atoms with van der Waals surface area (Å²) in [5.74, 6) is 0.650. The maximum atomic E-state index is 6.14. The monoisotopic (exact) mass is 431 g/mol. The van der Waals surface area contributed by atoms with Crippen LogP contribution in [0.15, 0.2) is 77.8 Å². The maximum Gasteiger partial charge on any atom is 0.199 e. The summed E-state index contributed by atoms with van der Waals surface area (Å²) in [7, 11) is 5.56. The topological polar surface area (TPSA) is 101 Å². The zero-order chi connectivity index (χ0) is 22.9. The standard InChI is InChI=1S/C24H29N7O/c1-17(26-2)15-31(3)22-11-10-20(12-19(22)16-32-4)28-24(25)30-23-14-27-13-21(29-23)18-8-6-5-7-9-18/h5-15,26H,16H2,1-4H3,(H3,25,28,29,30)/b17-15-. The van der Waals surface area contributed by atoms with Gasteiger partial charge in [0.05, 0.1) is 24.7 Å². The summed E-state index contributed by atoms with van der Waals surface area (Å²) in [6.45, 7) is 2.47. The number of ether oxygens (including phenoxy) is 1. The summed E-state index contributed by atoms with van der Waals surface area (Å²) >= 11 is 0. The van der Waals surface area contributed by atoms with E-state index in [1.165, 1.54) is 0 Å². The Balaban J connectivity index is 1.81. The highest BCUT2D eigenvalue weighted by atomic mass is 16.5. The lowest BCUT2D eigenvalue weighted by Gasteiger charge is -2.20. The van der Waals surface area contributed by atoms with Crippen LogP contribution in [0.4, 0.5) is 17.2 Å². The van der Waals surface area contributed by atoms with Crippen LogP contribution in [0.5, 0.6) is 0 Å². The van der Waals surface area contributed by atoms with E-state index in [9.17, 15) is 0 Å². The Kier molecular flexibility index (Phi) is 7.77. The van der Waals surface area contributed by atoms with Gasteiger partial charge in [-0.25, -0.2) is 4.98 Å². The van der Waals surface area contributed by atoms with Gasteiger partial charge in [-0.15, -0.1) is 0 Å². The van der Waals surface area contributed by atoms with E-state index in [1.54, 1.807) is 19.5 Å². The molecule has 0 radical (unpaired) electrons. The van der Waals surface area contributed by atoms with Gasteiger partial charge in [0.15, 0.2) is 11.8 Å². The highest BCUT2D eigenvalue weighted by Gasteiger charge is 2.09. The molecule has 0 saturated heterocycles. The summed E-state index contributed by atoms with van der Waals surface area (Å²) < 4.78 is 5.39. The first-order valence-corrected chi connectivity index (χ1v) is 10.2. The van der Waals surface area contributed by atoms with Gasteiger partial charge in [-0.3, -0.25) is 4.98 Å². The quantitative estimate of drug-likeness (QED) is 0.368. The molecule has 0 fully saturated rings. The molecule has 8 nitrogen and oxygen atoms in total. The number of allylic oxidation sites excluding steroid dienone is 1. The molecule has 0 aliphatic heterocycles. The lowest BCUT2D eigenvalue weighted by Crippen LogP contribution is -2.22. The normalized spacial score (nSPS) is 11.9. The Morgan fingerprint density at radius 3 is 2.69 bits per heavy atom. The highest BCUT2D eigenvalue weighted by Crippen LogP contribution is 2.25. The molecule has 0 saturated carbocycles. The predicted octanol–water partition coefficient (Wildman–Crippen LogP) is 3.87. The van der Waals surface area contributed by atoms with Crippen LogP contribution in [0.2, 0.25) is 0 Å². The largest absolute Gasteiger partial charge is 0.390 e. The van der Waals surface area contributed by atoms with Crippen molar-refractivity contribution in [1.82, 2.24) is 15.3 Å². The van der Waals surface area contributed by atoms with Gasteiger partial charge in [0.1, 0.15) is 0 Å². The number of aliphatic imine (C=N–C) groups is 1. The number of anilines is 2. The third kappa shape index (κ3) is 6.05. The van der Waals surface area contributed by atoms with E-state index in [0.29, 0.717) is 12.4 Å². The van der Waals surface area contributed by atoms with E-state index < -0.39 is 0 Å². The number of nitrogens with zero attached hydrogens (tertiary/aromatic N) is 4. The third-order valence-electron chi connectivity index (χ3n) is 4.74. The molecular weight excluding hydrogens is 402 g/mol. The van der Waals surface area contributed by atoms with Crippen molar-refractivity contribution in [2.24, 2.45) is 10.7 Å². The molecule has 0 aliphatic carbocycles. The first kappa shape index (κ1) is 22.8. The van der Waals surface area contributed by atoms with E-state index in [0.717, 1.165) is 33.9 Å². The Morgan fingerprint density at radius 2 is 1.97 bits per heavy atom. The number of aromatic nitrogens is 2. The summed E-state index contributed by atoms with van der Waals surface area (Å²) in [5, 5.41) is 6.25. The number of nitrogens with two attached hydrogens (primary N) is 1. The van der Waals surface area contributed by atoms with E-state index >= 15 is 0 Å². The van der Waals surface area contributed by atoms with Crippen LogP contribution < -0.4 is 21.3 Å². The van der Waals surface area contributed by atoms with Crippen molar-refractivity contribution >= 4 is 23.2 Å². The van der Waals surface area contributed by atoms with Gasteiger partial charge in [0.2, 0.25) is 0 Å². The van der Waals surface area contributed by atoms with Crippen molar-refractivity contribution in [3.8, 4) is 11.3 Å². The number of nitrogens with one attached hydrogen (secondary N) is 2. The molecule has 3 rings (SSSR count). The lowest BCUT2D eigenvalue weighted by atomic mass is 10.1. The summed E-state index contributed by atoms with van der Waals surface area (Å²) in [6, 6.07) is 15.8. The van der Waals surface area contributed by atoms with Crippen molar-refractivity contribution in [2.45, 2.75) is 13.5 Å². The molecule has 166 valence electrons. The van der Waals surface area contributed by atoms with Crippen LogP contribution >= 0.6 is 0 Å². The fourth-order valence-corrected chi connectivity index (χ4v) is 3.16. The zero-order valence-electron chi connectivity index (χ0n) is 18.8. The fraction of sp³-hybridized carbons (Fsp3) is 0.208. The molecule has 1 aromatic heterocycles. The first-order chi connectivity index (χ1) is 15.5. The predicted molar refractivity (Wildman–Crippen MR) is 131 cm³/mol. The Morgan fingerprint density at radius 1 is 1.19 bits per heavy atom. The SMILES string of the molecule is CN/C(C)=C\N(C)c1ccc(NC(N)=Nc2cncc(-c3ccccc3)n2)cc1COC. The van der Waals surface area contributed by atoms with Crippen LogP contribution in [0.25, 0.3) is 11.3 Å². The molecule has 0 unspecified atom stereocenters. The van der Waals surface area contributed by atoms with Gasteiger partial charge < -0.3 is 26.0 Å². The number of guanidine groups is 1. The van der Waals surface area contributed by atoms with Gasteiger partial charge in [-0.1, -0.05) is 30.3 Å². The molecule has 4 N–H and O–H groups in total. The maximum absolute atomic E-state index is 6.14. The zero-order valence-corrected chi connectivity index (χ0v) is 18.8. The van der Waals surface area contributed by atoms with E-state index in [2.05, 4.69) is 25.6 Å². The fourth-order valence-electron chi connectivity index (χ4n) is 3.16. The molecule has 2 aromatic carbocycles. The van der Waals surface area contributed by atoms with Crippen LogP contribution in [0.3, 0.4) is 0 Å². The van der Waals surface area contributed by atoms with E-state index in [4.69, 9.17) is 10.5 Å². The van der Waals surface area contributed by atoms with Crippen molar-refractivity contribution in [3.63, 3.8) is 0 Å². The van der Waals surface area contributed by atoms with Crippen molar-refractivity contribution < 1.29 is 4.74 Å².